The number of hydrogen-bond donors (Lipinski definition) is 0. The number of carbonyl (C=O) groups is 1. The van der Waals surface area contributed by atoms with Gasteiger partial charge in [0.2, 0.25) is 0 Å². The van der Waals surface area contributed by atoms with Crippen molar-refractivity contribution in [3.8, 4) is 11.3 Å². The number of aromatic nitrogens is 2. The summed E-state index contributed by atoms with van der Waals surface area (Å²) in [6, 6.07) is 5.46. The Morgan fingerprint density at radius 1 is 1.21 bits per heavy atom. The SMILES string of the molecule is CC1(C)[C@H]2CC[C@]1(OC(=O)N1CCC1)c1nnc(-c3c(F)cccc3F)cc12. The minimum atomic E-state index is -0.848. The second-order valence-electron chi connectivity index (χ2n) is 8.48. The summed E-state index contributed by atoms with van der Waals surface area (Å²) in [6.07, 6.45) is 2.18. The van der Waals surface area contributed by atoms with Crippen LogP contribution in [0.1, 0.15) is 50.3 Å². The Labute approximate surface area is 161 Å². The third kappa shape index (κ3) is 2.13. The fourth-order valence-corrected chi connectivity index (χ4v) is 5.07. The number of likely N-dealkylation sites (tertiary alicyclic amines) is 1. The van der Waals surface area contributed by atoms with Crippen LogP contribution in [0.3, 0.4) is 0 Å². The van der Waals surface area contributed by atoms with E-state index in [4.69, 9.17) is 4.74 Å². The van der Waals surface area contributed by atoms with Crippen molar-refractivity contribution in [3.05, 3.63) is 47.2 Å². The van der Waals surface area contributed by atoms with E-state index in [1.165, 1.54) is 18.2 Å². The van der Waals surface area contributed by atoms with Crippen molar-refractivity contribution in [2.24, 2.45) is 5.41 Å². The molecule has 5 rings (SSSR count). The molecule has 2 heterocycles. The molecule has 1 saturated carbocycles. The molecule has 0 unspecified atom stereocenters. The molecule has 1 amide bonds. The highest BCUT2D eigenvalue weighted by Crippen LogP contribution is 2.68. The molecule has 2 fully saturated rings. The lowest BCUT2D eigenvalue weighted by Crippen LogP contribution is -2.48. The molecule has 0 spiro atoms. The summed E-state index contributed by atoms with van der Waals surface area (Å²) in [6.45, 7) is 5.56. The molecule has 3 aliphatic rings. The van der Waals surface area contributed by atoms with Crippen molar-refractivity contribution in [1.82, 2.24) is 15.1 Å². The summed E-state index contributed by atoms with van der Waals surface area (Å²) >= 11 is 0. The van der Waals surface area contributed by atoms with Gasteiger partial charge in [0.15, 0.2) is 5.60 Å². The van der Waals surface area contributed by atoms with Gasteiger partial charge in [-0.2, -0.15) is 5.10 Å². The molecule has 1 aromatic heterocycles. The van der Waals surface area contributed by atoms with Crippen molar-refractivity contribution in [1.29, 1.82) is 0 Å². The standard InChI is InChI=1S/C21H21F2N3O2/c1-20(2)13-7-8-21(20,28-19(27)26-9-4-10-26)18-12(13)11-16(24-25-18)17-14(22)5-3-6-15(17)23/h3,5-6,11,13H,4,7-10H2,1-2H3/t13-,21-/m0/s1. The molecule has 0 N–H and O–H groups in total. The summed E-state index contributed by atoms with van der Waals surface area (Å²) in [5.41, 5.74) is 0.283. The van der Waals surface area contributed by atoms with Gasteiger partial charge in [-0.25, -0.2) is 13.6 Å². The molecule has 2 bridgehead atoms. The van der Waals surface area contributed by atoms with Gasteiger partial charge in [-0.05, 0) is 48.9 Å². The third-order valence-electron chi connectivity index (χ3n) is 6.87. The number of ether oxygens (including phenoxy) is 1. The molecule has 1 aliphatic heterocycles. The topological polar surface area (TPSA) is 55.3 Å². The Morgan fingerprint density at radius 2 is 1.93 bits per heavy atom. The maximum Gasteiger partial charge on any atom is 0.410 e. The number of rotatable bonds is 2. The van der Waals surface area contributed by atoms with E-state index in [0.29, 0.717) is 25.2 Å². The maximum absolute atomic E-state index is 14.2. The number of fused-ring (bicyclic) bond motifs is 5. The first-order valence-corrected chi connectivity index (χ1v) is 9.65. The zero-order chi connectivity index (χ0) is 19.7. The molecular weight excluding hydrogens is 364 g/mol. The number of carbonyl (C=O) groups excluding carboxylic acids is 1. The molecule has 28 heavy (non-hydrogen) atoms. The van der Waals surface area contributed by atoms with E-state index in [9.17, 15) is 13.6 Å². The minimum Gasteiger partial charge on any atom is -0.436 e. The first-order chi connectivity index (χ1) is 13.3. The molecule has 5 nitrogen and oxygen atoms in total. The van der Waals surface area contributed by atoms with Crippen LogP contribution in [-0.4, -0.2) is 34.3 Å². The van der Waals surface area contributed by atoms with E-state index in [-0.39, 0.29) is 28.7 Å². The van der Waals surface area contributed by atoms with Crippen LogP contribution in [0.25, 0.3) is 11.3 Å². The van der Waals surface area contributed by atoms with Crippen molar-refractivity contribution < 1.29 is 18.3 Å². The van der Waals surface area contributed by atoms with Gasteiger partial charge in [-0.15, -0.1) is 5.10 Å². The first-order valence-electron chi connectivity index (χ1n) is 9.65. The molecule has 2 atom stereocenters. The lowest BCUT2D eigenvalue weighted by Gasteiger charge is -2.40. The summed E-state index contributed by atoms with van der Waals surface area (Å²) in [4.78, 5) is 14.3. The van der Waals surface area contributed by atoms with E-state index < -0.39 is 17.2 Å². The van der Waals surface area contributed by atoms with Crippen LogP contribution >= 0.6 is 0 Å². The normalized spacial score (nSPS) is 26.7. The third-order valence-corrected chi connectivity index (χ3v) is 6.87. The molecule has 1 saturated heterocycles. The number of nitrogens with zero attached hydrogens (tertiary/aromatic N) is 3. The van der Waals surface area contributed by atoms with E-state index in [2.05, 4.69) is 24.0 Å². The quantitative estimate of drug-likeness (QED) is 0.770. The lowest BCUT2D eigenvalue weighted by molar-refractivity contribution is -0.0759. The number of halogens is 2. The molecule has 2 aliphatic carbocycles. The van der Waals surface area contributed by atoms with Crippen molar-refractivity contribution in [2.75, 3.05) is 13.1 Å². The van der Waals surface area contributed by atoms with Crippen LogP contribution in [0.2, 0.25) is 0 Å². The van der Waals surface area contributed by atoms with Gasteiger partial charge in [0.05, 0.1) is 11.3 Å². The summed E-state index contributed by atoms with van der Waals surface area (Å²) in [5, 5.41) is 8.47. The molecular formula is C21H21F2N3O2. The van der Waals surface area contributed by atoms with E-state index >= 15 is 0 Å². The van der Waals surface area contributed by atoms with Crippen LogP contribution in [0, 0.1) is 17.0 Å². The van der Waals surface area contributed by atoms with Crippen molar-refractivity contribution >= 4 is 6.09 Å². The second kappa shape index (κ2) is 5.72. The van der Waals surface area contributed by atoms with Crippen LogP contribution in [0.15, 0.2) is 24.3 Å². The Kier molecular flexibility index (Phi) is 3.58. The molecule has 7 heteroatoms. The van der Waals surface area contributed by atoms with Gasteiger partial charge in [0.25, 0.3) is 0 Å². The summed E-state index contributed by atoms with van der Waals surface area (Å²) in [7, 11) is 0. The highest BCUT2D eigenvalue weighted by molar-refractivity contribution is 5.70. The zero-order valence-electron chi connectivity index (χ0n) is 15.8. The van der Waals surface area contributed by atoms with Gasteiger partial charge in [0.1, 0.15) is 17.3 Å². The monoisotopic (exact) mass is 385 g/mol. The predicted octanol–water partition coefficient (Wildman–Crippen LogP) is 4.38. The molecule has 146 valence electrons. The van der Waals surface area contributed by atoms with Crippen molar-refractivity contribution in [3.63, 3.8) is 0 Å². The van der Waals surface area contributed by atoms with Crippen molar-refractivity contribution in [2.45, 2.75) is 44.6 Å². The fourth-order valence-electron chi connectivity index (χ4n) is 5.07. The van der Waals surface area contributed by atoms with Crippen LogP contribution < -0.4 is 0 Å². The smallest absolute Gasteiger partial charge is 0.410 e. The molecule has 2 aromatic rings. The second-order valence-corrected chi connectivity index (χ2v) is 8.48. The van der Waals surface area contributed by atoms with Gasteiger partial charge >= 0.3 is 6.09 Å². The zero-order valence-corrected chi connectivity index (χ0v) is 15.8. The average molecular weight is 385 g/mol. The maximum atomic E-state index is 14.2. The summed E-state index contributed by atoms with van der Waals surface area (Å²) in [5.74, 6) is -1.25. The average Bonchev–Trinajstić information content (AvgIpc) is 2.93. The van der Waals surface area contributed by atoms with Gasteiger partial charge in [-0.3, -0.25) is 0 Å². The molecule has 1 aromatic carbocycles. The van der Waals surface area contributed by atoms with E-state index in [1.807, 2.05) is 0 Å². The largest absolute Gasteiger partial charge is 0.436 e. The highest BCUT2D eigenvalue weighted by Gasteiger charge is 2.66. The predicted molar refractivity (Wildman–Crippen MR) is 97.5 cm³/mol. The van der Waals surface area contributed by atoms with E-state index in [1.54, 1.807) is 11.0 Å². The number of amides is 1. The fraction of sp³-hybridized carbons (Fsp3) is 0.476. The first kappa shape index (κ1) is 17.5. The van der Waals surface area contributed by atoms with Gasteiger partial charge in [0, 0.05) is 18.5 Å². The lowest BCUT2D eigenvalue weighted by atomic mass is 9.77. The van der Waals surface area contributed by atoms with Crippen LogP contribution in [-0.2, 0) is 10.3 Å². The Bertz CT molecular complexity index is 969. The Hall–Kier alpha value is -2.57. The summed E-state index contributed by atoms with van der Waals surface area (Å²) < 4.78 is 34.5. The Morgan fingerprint density at radius 3 is 2.57 bits per heavy atom. The molecule has 0 radical (unpaired) electrons. The Balaban J connectivity index is 1.60. The minimum absolute atomic E-state index is 0.0933. The van der Waals surface area contributed by atoms with Gasteiger partial charge < -0.3 is 9.64 Å². The number of hydrogen-bond acceptors (Lipinski definition) is 4. The van der Waals surface area contributed by atoms with Gasteiger partial charge in [-0.1, -0.05) is 19.9 Å². The van der Waals surface area contributed by atoms with Crippen LogP contribution in [0.5, 0.6) is 0 Å². The van der Waals surface area contributed by atoms with Crippen LogP contribution in [0.4, 0.5) is 13.6 Å². The number of benzene rings is 1. The highest BCUT2D eigenvalue weighted by atomic mass is 19.1. The van der Waals surface area contributed by atoms with E-state index in [0.717, 1.165) is 18.4 Å².